The van der Waals surface area contributed by atoms with Gasteiger partial charge in [-0.25, -0.2) is 0 Å². The highest BCUT2D eigenvalue weighted by atomic mass is 32.2. The fraction of sp³-hybridized carbons (Fsp3) is 0.312. The van der Waals surface area contributed by atoms with E-state index >= 15 is 0 Å². The maximum atomic E-state index is 5.56. The van der Waals surface area contributed by atoms with Gasteiger partial charge in [-0.3, -0.25) is 0 Å². The standard InChI is InChI=1S/C16H19N5OS/c1-11-3-5-12(6-4-11)14-9-13(22-20-14)10-23-16-19-18-15(7-8-17)21(16)2/h3-6,9H,7-8,10,17H2,1-2H3. The van der Waals surface area contributed by atoms with Gasteiger partial charge in [-0.2, -0.15) is 0 Å². The number of nitrogens with two attached hydrogens (primary N) is 1. The van der Waals surface area contributed by atoms with Crippen LogP contribution in [0, 0.1) is 6.92 Å². The average Bonchev–Trinajstić information content (AvgIpc) is 3.15. The van der Waals surface area contributed by atoms with Crippen LogP contribution in [0.2, 0.25) is 0 Å². The van der Waals surface area contributed by atoms with Crippen molar-refractivity contribution < 1.29 is 4.52 Å². The predicted octanol–water partition coefficient (Wildman–Crippen LogP) is 2.57. The lowest BCUT2D eigenvalue weighted by Gasteiger charge is -2.01. The molecule has 0 saturated heterocycles. The zero-order valence-corrected chi connectivity index (χ0v) is 14.0. The first-order valence-electron chi connectivity index (χ1n) is 7.41. The minimum Gasteiger partial charge on any atom is -0.360 e. The van der Waals surface area contributed by atoms with Crippen LogP contribution in [-0.4, -0.2) is 26.5 Å². The topological polar surface area (TPSA) is 82.8 Å². The molecule has 0 spiro atoms. The minimum absolute atomic E-state index is 0.568. The van der Waals surface area contributed by atoms with Gasteiger partial charge in [-0.05, 0) is 13.5 Å². The van der Waals surface area contributed by atoms with Crippen LogP contribution in [0.3, 0.4) is 0 Å². The smallest absolute Gasteiger partial charge is 0.191 e. The van der Waals surface area contributed by atoms with Crippen molar-refractivity contribution in [2.24, 2.45) is 12.8 Å². The highest BCUT2D eigenvalue weighted by molar-refractivity contribution is 7.98. The zero-order chi connectivity index (χ0) is 16.2. The van der Waals surface area contributed by atoms with Crippen molar-refractivity contribution in [3.8, 4) is 11.3 Å². The van der Waals surface area contributed by atoms with E-state index in [4.69, 9.17) is 10.3 Å². The summed E-state index contributed by atoms with van der Waals surface area (Å²) in [6.45, 7) is 2.63. The third kappa shape index (κ3) is 3.62. The van der Waals surface area contributed by atoms with E-state index in [1.165, 1.54) is 5.56 Å². The van der Waals surface area contributed by atoms with Crippen molar-refractivity contribution in [2.45, 2.75) is 24.3 Å². The van der Waals surface area contributed by atoms with Gasteiger partial charge in [0.15, 0.2) is 5.16 Å². The molecule has 0 atom stereocenters. The first kappa shape index (κ1) is 15.8. The van der Waals surface area contributed by atoms with Gasteiger partial charge >= 0.3 is 0 Å². The molecule has 7 heteroatoms. The molecular formula is C16H19N5OS. The number of hydrogen-bond acceptors (Lipinski definition) is 6. The molecule has 0 aliphatic carbocycles. The monoisotopic (exact) mass is 329 g/mol. The number of rotatable bonds is 6. The van der Waals surface area contributed by atoms with Crippen LogP contribution in [0.5, 0.6) is 0 Å². The van der Waals surface area contributed by atoms with E-state index in [1.54, 1.807) is 11.8 Å². The van der Waals surface area contributed by atoms with Crippen molar-refractivity contribution in [3.63, 3.8) is 0 Å². The van der Waals surface area contributed by atoms with E-state index in [1.807, 2.05) is 29.8 Å². The summed E-state index contributed by atoms with van der Waals surface area (Å²) in [5.74, 6) is 2.37. The Bertz CT molecular complexity index is 778. The number of aryl methyl sites for hydroxylation is 1. The molecule has 0 amide bonds. The van der Waals surface area contributed by atoms with Gasteiger partial charge < -0.3 is 14.8 Å². The predicted molar refractivity (Wildman–Crippen MR) is 90.0 cm³/mol. The summed E-state index contributed by atoms with van der Waals surface area (Å²) in [6.07, 6.45) is 0.726. The van der Waals surface area contributed by atoms with E-state index in [9.17, 15) is 0 Å². The molecule has 0 unspecified atom stereocenters. The molecule has 0 aliphatic rings. The Morgan fingerprint density at radius 1 is 1.22 bits per heavy atom. The molecule has 0 saturated carbocycles. The SMILES string of the molecule is Cc1ccc(-c2cc(CSc3nnc(CCN)n3C)on2)cc1. The third-order valence-electron chi connectivity index (χ3n) is 3.54. The van der Waals surface area contributed by atoms with Crippen LogP contribution in [-0.2, 0) is 19.2 Å². The largest absolute Gasteiger partial charge is 0.360 e. The molecule has 0 radical (unpaired) electrons. The molecule has 6 nitrogen and oxygen atoms in total. The lowest BCUT2D eigenvalue weighted by Crippen LogP contribution is -2.08. The molecule has 3 rings (SSSR count). The molecule has 0 bridgehead atoms. The molecular weight excluding hydrogens is 310 g/mol. The second-order valence-corrected chi connectivity index (χ2v) is 6.27. The van der Waals surface area contributed by atoms with Crippen molar-refractivity contribution in [2.75, 3.05) is 6.54 Å². The number of thioether (sulfide) groups is 1. The van der Waals surface area contributed by atoms with E-state index in [0.29, 0.717) is 12.3 Å². The maximum Gasteiger partial charge on any atom is 0.191 e. The van der Waals surface area contributed by atoms with Crippen molar-refractivity contribution >= 4 is 11.8 Å². The molecule has 0 fully saturated rings. The van der Waals surface area contributed by atoms with E-state index < -0.39 is 0 Å². The summed E-state index contributed by atoms with van der Waals surface area (Å²) in [7, 11) is 1.95. The lowest BCUT2D eigenvalue weighted by molar-refractivity contribution is 0.397. The summed E-state index contributed by atoms with van der Waals surface area (Å²) in [5, 5.41) is 13.3. The van der Waals surface area contributed by atoms with Crippen molar-refractivity contribution in [1.29, 1.82) is 0 Å². The van der Waals surface area contributed by atoms with Gasteiger partial charge in [0, 0.05) is 25.1 Å². The second kappa shape index (κ2) is 6.97. The molecule has 23 heavy (non-hydrogen) atoms. The number of hydrogen-bond donors (Lipinski definition) is 1. The van der Waals surface area contributed by atoms with E-state index in [0.717, 1.165) is 34.4 Å². The Balaban J connectivity index is 1.66. The Hall–Kier alpha value is -2.12. The first-order valence-corrected chi connectivity index (χ1v) is 8.39. The summed E-state index contributed by atoms with van der Waals surface area (Å²) >= 11 is 1.57. The molecule has 0 aliphatic heterocycles. The Morgan fingerprint density at radius 3 is 2.74 bits per heavy atom. The van der Waals surface area contributed by atoms with Gasteiger partial charge in [0.2, 0.25) is 0 Å². The summed E-state index contributed by atoms with van der Waals surface area (Å²) < 4.78 is 7.38. The van der Waals surface area contributed by atoms with Gasteiger partial charge in [-0.1, -0.05) is 46.7 Å². The van der Waals surface area contributed by atoms with Gasteiger partial charge in [0.25, 0.3) is 0 Å². The highest BCUT2D eigenvalue weighted by Crippen LogP contribution is 2.25. The quantitative estimate of drug-likeness (QED) is 0.700. The maximum absolute atomic E-state index is 5.56. The minimum atomic E-state index is 0.568. The van der Waals surface area contributed by atoms with Gasteiger partial charge in [0.1, 0.15) is 17.3 Å². The molecule has 2 heterocycles. The Kier molecular flexibility index (Phi) is 4.78. The van der Waals surface area contributed by atoms with Crippen LogP contribution in [0.1, 0.15) is 17.1 Å². The third-order valence-corrected chi connectivity index (χ3v) is 4.59. The Labute approximate surface area is 139 Å². The number of benzene rings is 1. The molecule has 2 aromatic heterocycles. The van der Waals surface area contributed by atoms with Crippen LogP contribution in [0.25, 0.3) is 11.3 Å². The molecule has 2 N–H and O–H groups in total. The summed E-state index contributed by atoms with van der Waals surface area (Å²) in [6, 6.07) is 10.2. The van der Waals surface area contributed by atoms with Crippen LogP contribution >= 0.6 is 11.8 Å². The normalized spacial score (nSPS) is 11.1. The van der Waals surface area contributed by atoms with Crippen LogP contribution < -0.4 is 5.73 Å². The highest BCUT2D eigenvalue weighted by Gasteiger charge is 2.11. The van der Waals surface area contributed by atoms with Crippen molar-refractivity contribution in [3.05, 3.63) is 47.5 Å². The number of aromatic nitrogens is 4. The fourth-order valence-corrected chi connectivity index (χ4v) is 3.00. The Morgan fingerprint density at radius 2 is 2.00 bits per heavy atom. The summed E-state index contributed by atoms with van der Waals surface area (Å²) in [4.78, 5) is 0. The van der Waals surface area contributed by atoms with E-state index in [2.05, 4.69) is 34.4 Å². The lowest BCUT2D eigenvalue weighted by atomic mass is 10.1. The molecule has 3 aromatic rings. The second-order valence-electron chi connectivity index (χ2n) is 5.33. The van der Waals surface area contributed by atoms with Gasteiger partial charge in [-0.15, -0.1) is 10.2 Å². The average molecular weight is 329 g/mol. The first-order chi connectivity index (χ1) is 11.2. The molecule has 1 aromatic carbocycles. The van der Waals surface area contributed by atoms with Gasteiger partial charge in [0.05, 0.1) is 5.75 Å². The number of nitrogens with zero attached hydrogens (tertiary/aromatic N) is 4. The fourth-order valence-electron chi connectivity index (χ4n) is 2.19. The summed E-state index contributed by atoms with van der Waals surface area (Å²) in [5.41, 5.74) is 8.69. The zero-order valence-electron chi connectivity index (χ0n) is 13.2. The molecule has 120 valence electrons. The van der Waals surface area contributed by atoms with Crippen molar-refractivity contribution in [1.82, 2.24) is 19.9 Å². The van der Waals surface area contributed by atoms with E-state index in [-0.39, 0.29) is 0 Å². The van der Waals surface area contributed by atoms with Crippen LogP contribution in [0.15, 0.2) is 40.0 Å². The van der Waals surface area contributed by atoms with Crippen LogP contribution in [0.4, 0.5) is 0 Å².